The fourth-order valence-corrected chi connectivity index (χ4v) is 2.72. The summed E-state index contributed by atoms with van der Waals surface area (Å²) < 4.78 is 5.12. The molecule has 128 valence electrons. The molecule has 3 rings (SSSR count). The highest BCUT2D eigenvalue weighted by molar-refractivity contribution is 6.01. The van der Waals surface area contributed by atoms with Gasteiger partial charge in [-0.3, -0.25) is 14.4 Å². The van der Waals surface area contributed by atoms with Crippen molar-refractivity contribution in [3.8, 4) is 0 Å². The molecule has 1 heterocycles. The van der Waals surface area contributed by atoms with Crippen LogP contribution in [0.1, 0.15) is 23.5 Å². The topological polar surface area (TPSA) is 84.5 Å². The van der Waals surface area contributed by atoms with E-state index in [1.54, 1.807) is 18.2 Å². The van der Waals surface area contributed by atoms with Gasteiger partial charge >= 0.3 is 5.97 Å². The second kappa shape index (κ2) is 7.61. The Balaban J connectivity index is 1.54. The average molecular weight is 338 g/mol. The summed E-state index contributed by atoms with van der Waals surface area (Å²) in [6.45, 7) is -0.0732. The number of amides is 2. The Morgan fingerprint density at radius 1 is 1.08 bits per heavy atom. The van der Waals surface area contributed by atoms with E-state index >= 15 is 0 Å². The molecule has 1 atom stereocenters. The monoisotopic (exact) mass is 338 g/mol. The van der Waals surface area contributed by atoms with Crippen molar-refractivity contribution in [3.05, 3.63) is 65.7 Å². The molecule has 6 nitrogen and oxygen atoms in total. The molecule has 0 aliphatic carbocycles. The second-order valence-electron chi connectivity index (χ2n) is 5.76. The van der Waals surface area contributed by atoms with Crippen molar-refractivity contribution in [1.82, 2.24) is 5.32 Å². The third kappa shape index (κ3) is 4.23. The Morgan fingerprint density at radius 2 is 1.80 bits per heavy atom. The molecule has 1 unspecified atom stereocenters. The molecular weight excluding hydrogens is 320 g/mol. The first kappa shape index (κ1) is 16.7. The highest BCUT2D eigenvalue weighted by Gasteiger charge is 2.30. The molecule has 2 N–H and O–H groups in total. The van der Waals surface area contributed by atoms with Gasteiger partial charge < -0.3 is 15.4 Å². The maximum Gasteiger partial charge on any atom is 0.325 e. The molecule has 25 heavy (non-hydrogen) atoms. The summed E-state index contributed by atoms with van der Waals surface area (Å²) in [6.07, 6.45) is 0.0575. The van der Waals surface area contributed by atoms with Crippen LogP contribution >= 0.6 is 0 Å². The van der Waals surface area contributed by atoms with E-state index in [9.17, 15) is 14.4 Å². The molecule has 0 aromatic heterocycles. The summed E-state index contributed by atoms with van der Waals surface area (Å²) in [5.41, 5.74) is 2.25. The van der Waals surface area contributed by atoms with E-state index in [4.69, 9.17) is 4.74 Å². The van der Waals surface area contributed by atoms with Crippen molar-refractivity contribution < 1.29 is 19.1 Å². The van der Waals surface area contributed by atoms with E-state index < -0.39 is 11.9 Å². The SMILES string of the molecule is O=C1CC(C(=O)NCC(=O)OCc2ccccc2)c2ccccc2N1. The van der Waals surface area contributed by atoms with Crippen molar-refractivity contribution >= 4 is 23.5 Å². The lowest BCUT2D eigenvalue weighted by Gasteiger charge is -2.24. The van der Waals surface area contributed by atoms with Crippen LogP contribution in [0.4, 0.5) is 5.69 Å². The Bertz CT molecular complexity index is 789. The largest absolute Gasteiger partial charge is 0.460 e. The standard InChI is InChI=1S/C19H18N2O4/c22-17-10-15(14-8-4-5-9-16(14)21-17)19(24)20-11-18(23)25-12-13-6-2-1-3-7-13/h1-9,15H,10-12H2,(H,20,24)(H,21,22). The van der Waals surface area contributed by atoms with Gasteiger partial charge in [0.2, 0.25) is 11.8 Å². The van der Waals surface area contributed by atoms with Gasteiger partial charge in [-0.05, 0) is 17.2 Å². The van der Waals surface area contributed by atoms with Gasteiger partial charge in [-0.15, -0.1) is 0 Å². The normalized spacial score (nSPS) is 15.7. The first-order valence-corrected chi connectivity index (χ1v) is 7.99. The fraction of sp³-hybridized carbons (Fsp3) is 0.211. The number of nitrogens with one attached hydrogen (secondary N) is 2. The van der Waals surface area contributed by atoms with Gasteiger partial charge in [-0.1, -0.05) is 48.5 Å². The third-order valence-electron chi connectivity index (χ3n) is 3.97. The van der Waals surface area contributed by atoms with Crippen LogP contribution in [0.2, 0.25) is 0 Å². The molecule has 0 spiro atoms. The second-order valence-corrected chi connectivity index (χ2v) is 5.76. The Kier molecular flexibility index (Phi) is 5.09. The number of rotatable bonds is 5. The van der Waals surface area contributed by atoms with Crippen molar-refractivity contribution in [2.45, 2.75) is 18.9 Å². The van der Waals surface area contributed by atoms with Crippen LogP contribution in [0.5, 0.6) is 0 Å². The number of hydrogen-bond acceptors (Lipinski definition) is 4. The fourth-order valence-electron chi connectivity index (χ4n) is 2.72. The van der Waals surface area contributed by atoms with Gasteiger partial charge in [0, 0.05) is 12.1 Å². The zero-order valence-electron chi connectivity index (χ0n) is 13.5. The molecule has 0 radical (unpaired) electrons. The average Bonchev–Trinajstić information content (AvgIpc) is 2.64. The van der Waals surface area contributed by atoms with E-state index in [-0.39, 0.29) is 31.4 Å². The minimum atomic E-state index is -0.605. The van der Waals surface area contributed by atoms with E-state index in [0.29, 0.717) is 5.69 Å². The van der Waals surface area contributed by atoms with Gasteiger partial charge in [0.15, 0.2) is 0 Å². The van der Waals surface area contributed by atoms with Crippen LogP contribution < -0.4 is 10.6 Å². The van der Waals surface area contributed by atoms with E-state index in [0.717, 1.165) is 11.1 Å². The molecule has 0 bridgehead atoms. The first-order valence-electron chi connectivity index (χ1n) is 7.99. The maximum absolute atomic E-state index is 12.4. The third-order valence-corrected chi connectivity index (χ3v) is 3.97. The van der Waals surface area contributed by atoms with Gasteiger partial charge in [0.05, 0.1) is 5.92 Å². The van der Waals surface area contributed by atoms with Gasteiger partial charge in [-0.25, -0.2) is 0 Å². The predicted octanol–water partition coefficient (Wildman–Crippen LogP) is 1.97. The summed E-state index contributed by atoms with van der Waals surface area (Å²) in [5, 5.41) is 5.29. The Labute approximate surface area is 145 Å². The lowest BCUT2D eigenvalue weighted by atomic mass is 9.90. The molecule has 2 aromatic carbocycles. The van der Waals surface area contributed by atoms with Crippen LogP contribution in [0.25, 0.3) is 0 Å². The summed E-state index contributed by atoms with van der Waals surface area (Å²) in [5.74, 6) is -1.71. The van der Waals surface area contributed by atoms with E-state index in [1.807, 2.05) is 36.4 Å². The first-order chi connectivity index (χ1) is 12.1. The number of esters is 1. The maximum atomic E-state index is 12.4. The number of benzene rings is 2. The van der Waals surface area contributed by atoms with E-state index in [2.05, 4.69) is 10.6 Å². The minimum Gasteiger partial charge on any atom is -0.460 e. The Morgan fingerprint density at radius 3 is 2.60 bits per heavy atom. The zero-order chi connectivity index (χ0) is 17.6. The van der Waals surface area contributed by atoms with Crippen LogP contribution in [0.15, 0.2) is 54.6 Å². The lowest BCUT2D eigenvalue weighted by Crippen LogP contribution is -2.37. The number of anilines is 1. The van der Waals surface area contributed by atoms with Gasteiger partial charge in [-0.2, -0.15) is 0 Å². The molecule has 0 saturated carbocycles. The van der Waals surface area contributed by atoms with Gasteiger partial charge in [0.25, 0.3) is 0 Å². The smallest absolute Gasteiger partial charge is 0.325 e. The molecule has 1 aliphatic heterocycles. The summed E-state index contributed by atoms with van der Waals surface area (Å²) in [4.78, 5) is 35.9. The lowest BCUT2D eigenvalue weighted by molar-refractivity contribution is -0.145. The molecule has 0 fully saturated rings. The number of hydrogen-bond donors (Lipinski definition) is 2. The number of ether oxygens (including phenoxy) is 1. The molecule has 6 heteroatoms. The van der Waals surface area contributed by atoms with Crippen molar-refractivity contribution in [1.29, 1.82) is 0 Å². The molecule has 2 amide bonds. The summed E-state index contributed by atoms with van der Waals surface area (Å²) in [6, 6.07) is 16.4. The van der Waals surface area contributed by atoms with Crippen LogP contribution in [-0.2, 0) is 25.7 Å². The van der Waals surface area contributed by atoms with E-state index in [1.165, 1.54) is 0 Å². The highest BCUT2D eigenvalue weighted by atomic mass is 16.5. The van der Waals surface area contributed by atoms with Crippen molar-refractivity contribution in [2.24, 2.45) is 0 Å². The van der Waals surface area contributed by atoms with Crippen molar-refractivity contribution in [3.63, 3.8) is 0 Å². The molecule has 0 saturated heterocycles. The quantitative estimate of drug-likeness (QED) is 0.817. The molecule has 2 aromatic rings. The Hall–Kier alpha value is -3.15. The number of fused-ring (bicyclic) bond motifs is 1. The van der Waals surface area contributed by atoms with Gasteiger partial charge in [0.1, 0.15) is 13.2 Å². The number of carbonyl (C=O) groups is 3. The van der Waals surface area contributed by atoms with Crippen LogP contribution in [0.3, 0.4) is 0 Å². The highest BCUT2D eigenvalue weighted by Crippen LogP contribution is 2.31. The molecular formula is C19H18N2O4. The summed E-state index contributed by atoms with van der Waals surface area (Å²) in [7, 11) is 0. The van der Waals surface area contributed by atoms with Crippen molar-refractivity contribution in [2.75, 3.05) is 11.9 Å². The minimum absolute atomic E-state index is 0.0575. The molecule has 1 aliphatic rings. The predicted molar refractivity (Wildman–Crippen MR) is 91.7 cm³/mol. The van der Waals surface area contributed by atoms with Crippen LogP contribution in [-0.4, -0.2) is 24.3 Å². The number of carbonyl (C=O) groups excluding carboxylic acids is 3. The summed E-state index contributed by atoms with van der Waals surface area (Å²) >= 11 is 0. The van der Waals surface area contributed by atoms with Crippen LogP contribution in [0, 0.1) is 0 Å². The zero-order valence-corrected chi connectivity index (χ0v) is 13.5. The number of para-hydroxylation sites is 1.